The van der Waals surface area contributed by atoms with Crippen LogP contribution in [0.3, 0.4) is 0 Å². The third kappa shape index (κ3) is 2.41. The highest BCUT2D eigenvalue weighted by Crippen LogP contribution is 2.32. The van der Waals surface area contributed by atoms with E-state index in [0.717, 1.165) is 22.1 Å². The normalized spacial score (nSPS) is 12.6. The van der Waals surface area contributed by atoms with Gasteiger partial charge in [0.05, 0.1) is 23.0 Å². The van der Waals surface area contributed by atoms with Crippen molar-refractivity contribution in [3.63, 3.8) is 0 Å². The molecular weight excluding hydrogens is 242 g/mol. The van der Waals surface area contributed by atoms with Crippen LogP contribution in [0.4, 0.5) is 0 Å². The summed E-state index contributed by atoms with van der Waals surface area (Å²) in [6.45, 7) is 0. The van der Waals surface area contributed by atoms with E-state index in [1.165, 1.54) is 0 Å². The molecule has 0 saturated carbocycles. The van der Waals surface area contributed by atoms with Gasteiger partial charge in [-0.3, -0.25) is 11.3 Å². The van der Waals surface area contributed by atoms with Crippen LogP contribution in [0, 0.1) is 0 Å². The summed E-state index contributed by atoms with van der Waals surface area (Å²) >= 11 is 3.27. The van der Waals surface area contributed by atoms with Crippen molar-refractivity contribution in [3.05, 3.63) is 32.9 Å². The molecule has 1 unspecified atom stereocenters. The molecule has 4 nitrogen and oxygen atoms in total. The Morgan fingerprint density at radius 1 is 1.50 bits per heavy atom. The van der Waals surface area contributed by atoms with Gasteiger partial charge in [0, 0.05) is 18.0 Å². The lowest BCUT2D eigenvalue weighted by Gasteiger charge is -2.14. The maximum Gasteiger partial charge on any atom is 0.134 e. The van der Waals surface area contributed by atoms with E-state index in [0.29, 0.717) is 0 Å². The first-order valence-electron chi connectivity index (χ1n) is 4.81. The first kappa shape index (κ1) is 11.5. The average molecular weight is 255 g/mol. The summed E-state index contributed by atoms with van der Waals surface area (Å²) in [5.74, 6) is 6.46. The molecule has 6 heteroatoms. The zero-order chi connectivity index (χ0) is 11.4. The molecule has 1 atom stereocenters. The lowest BCUT2D eigenvalue weighted by molar-refractivity contribution is 0.403. The Bertz CT molecular complexity index is 427. The van der Waals surface area contributed by atoms with E-state index in [9.17, 15) is 0 Å². The van der Waals surface area contributed by atoms with Crippen LogP contribution in [0.25, 0.3) is 0 Å². The molecule has 0 spiro atoms. The molecule has 3 N–H and O–H groups in total. The van der Waals surface area contributed by atoms with E-state index in [4.69, 9.17) is 10.6 Å². The van der Waals surface area contributed by atoms with Crippen molar-refractivity contribution in [1.82, 2.24) is 10.4 Å². The van der Waals surface area contributed by atoms with Crippen LogP contribution in [0.2, 0.25) is 0 Å². The van der Waals surface area contributed by atoms with E-state index in [-0.39, 0.29) is 6.04 Å². The number of nitrogens with zero attached hydrogens (tertiary/aromatic N) is 1. The number of thiazole rings is 1. The van der Waals surface area contributed by atoms with Crippen molar-refractivity contribution in [2.75, 3.05) is 7.11 Å². The van der Waals surface area contributed by atoms with Crippen molar-refractivity contribution in [3.8, 4) is 5.75 Å². The number of nitrogens with one attached hydrogen (secondary N) is 1. The van der Waals surface area contributed by atoms with Gasteiger partial charge in [0.15, 0.2) is 0 Å². The molecule has 0 bridgehead atoms. The van der Waals surface area contributed by atoms with Crippen LogP contribution in [0.5, 0.6) is 5.75 Å². The maximum absolute atomic E-state index is 5.58. The molecule has 2 heterocycles. The molecule has 0 aliphatic carbocycles. The number of nitrogens with two attached hydrogens (primary N) is 1. The van der Waals surface area contributed by atoms with Gasteiger partial charge in [-0.25, -0.2) is 4.98 Å². The fourth-order valence-corrected chi connectivity index (χ4v) is 3.07. The molecule has 0 amide bonds. The number of methoxy groups -OCH3 is 1. The Morgan fingerprint density at radius 3 is 3.00 bits per heavy atom. The van der Waals surface area contributed by atoms with Crippen LogP contribution in [-0.2, 0) is 6.42 Å². The van der Waals surface area contributed by atoms with E-state index in [1.807, 2.05) is 16.8 Å². The predicted octanol–water partition coefficient (Wildman–Crippen LogP) is 1.96. The third-order valence-electron chi connectivity index (χ3n) is 2.26. The average Bonchev–Trinajstić information content (AvgIpc) is 2.96. The molecule has 2 aromatic rings. The van der Waals surface area contributed by atoms with Crippen LogP contribution in [0.1, 0.15) is 15.9 Å². The van der Waals surface area contributed by atoms with Crippen molar-refractivity contribution < 1.29 is 4.74 Å². The molecule has 86 valence electrons. The molecular formula is C10H13N3OS2. The SMILES string of the molecule is COc1ccsc1C(Cc1nccs1)NN. The highest BCUT2D eigenvalue weighted by molar-refractivity contribution is 7.10. The van der Waals surface area contributed by atoms with E-state index < -0.39 is 0 Å². The first-order valence-corrected chi connectivity index (χ1v) is 6.57. The fraction of sp³-hybridized carbons (Fsp3) is 0.300. The zero-order valence-electron chi connectivity index (χ0n) is 8.84. The van der Waals surface area contributed by atoms with Crippen molar-refractivity contribution in [2.45, 2.75) is 12.5 Å². The number of hydrogen-bond acceptors (Lipinski definition) is 6. The molecule has 0 aliphatic heterocycles. The van der Waals surface area contributed by atoms with Crippen LogP contribution < -0.4 is 16.0 Å². The lowest BCUT2D eigenvalue weighted by Crippen LogP contribution is -2.29. The molecule has 0 fully saturated rings. The summed E-state index contributed by atoms with van der Waals surface area (Å²) in [5.41, 5.74) is 2.81. The Labute approximate surface area is 102 Å². The smallest absolute Gasteiger partial charge is 0.134 e. The summed E-state index contributed by atoms with van der Waals surface area (Å²) < 4.78 is 5.29. The second-order valence-corrected chi connectivity index (χ2v) is 5.13. The van der Waals surface area contributed by atoms with Crippen molar-refractivity contribution in [1.29, 1.82) is 0 Å². The van der Waals surface area contributed by atoms with Gasteiger partial charge < -0.3 is 4.74 Å². The number of thiophene rings is 1. The number of aromatic nitrogens is 1. The van der Waals surface area contributed by atoms with Gasteiger partial charge in [-0.1, -0.05) is 0 Å². The van der Waals surface area contributed by atoms with Gasteiger partial charge in [-0.15, -0.1) is 22.7 Å². The maximum atomic E-state index is 5.58. The minimum absolute atomic E-state index is 0.0566. The van der Waals surface area contributed by atoms with Crippen molar-refractivity contribution >= 4 is 22.7 Å². The minimum atomic E-state index is 0.0566. The molecule has 2 aromatic heterocycles. The van der Waals surface area contributed by atoms with Gasteiger partial charge in [-0.05, 0) is 11.4 Å². The highest BCUT2D eigenvalue weighted by atomic mass is 32.1. The second-order valence-electron chi connectivity index (χ2n) is 3.20. The highest BCUT2D eigenvalue weighted by Gasteiger charge is 2.17. The zero-order valence-corrected chi connectivity index (χ0v) is 10.5. The third-order valence-corrected chi connectivity index (χ3v) is 4.07. The molecule has 0 aliphatic rings. The van der Waals surface area contributed by atoms with Gasteiger partial charge in [0.25, 0.3) is 0 Å². The molecule has 0 radical (unpaired) electrons. The van der Waals surface area contributed by atoms with Crippen molar-refractivity contribution in [2.24, 2.45) is 5.84 Å². The Kier molecular flexibility index (Phi) is 3.89. The number of rotatable bonds is 5. The van der Waals surface area contributed by atoms with E-state index >= 15 is 0 Å². The van der Waals surface area contributed by atoms with E-state index in [1.54, 1.807) is 36.0 Å². The Morgan fingerprint density at radius 2 is 2.38 bits per heavy atom. The quantitative estimate of drug-likeness (QED) is 0.633. The summed E-state index contributed by atoms with van der Waals surface area (Å²) in [4.78, 5) is 5.37. The van der Waals surface area contributed by atoms with Crippen LogP contribution >= 0.6 is 22.7 Å². The number of ether oxygens (including phenoxy) is 1. The van der Waals surface area contributed by atoms with Gasteiger partial charge >= 0.3 is 0 Å². The summed E-state index contributed by atoms with van der Waals surface area (Å²) in [7, 11) is 1.67. The standard InChI is InChI=1S/C10H13N3OS2/c1-14-8-2-4-16-10(8)7(13-11)6-9-12-3-5-15-9/h2-5,7,13H,6,11H2,1H3. The predicted molar refractivity (Wildman–Crippen MR) is 66.8 cm³/mol. The van der Waals surface area contributed by atoms with Gasteiger partial charge in [0.1, 0.15) is 5.75 Å². The monoisotopic (exact) mass is 255 g/mol. The minimum Gasteiger partial charge on any atom is -0.496 e. The molecule has 16 heavy (non-hydrogen) atoms. The van der Waals surface area contributed by atoms with Gasteiger partial charge in [-0.2, -0.15) is 0 Å². The summed E-state index contributed by atoms with van der Waals surface area (Å²) in [6.07, 6.45) is 2.59. The largest absolute Gasteiger partial charge is 0.496 e. The Hall–Kier alpha value is -0.950. The lowest BCUT2D eigenvalue weighted by atomic mass is 10.2. The molecule has 2 rings (SSSR count). The van der Waals surface area contributed by atoms with E-state index in [2.05, 4.69) is 10.4 Å². The number of hydrogen-bond donors (Lipinski definition) is 2. The second kappa shape index (κ2) is 5.40. The fourth-order valence-electron chi connectivity index (χ4n) is 1.49. The number of hydrazine groups is 1. The topological polar surface area (TPSA) is 60.2 Å². The summed E-state index contributed by atoms with van der Waals surface area (Å²) in [5, 5.41) is 5.04. The molecule has 0 aromatic carbocycles. The van der Waals surface area contributed by atoms with Gasteiger partial charge in [0.2, 0.25) is 0 Å². The molecule has 0 saturated heterocycles. The first-order chi connectivity index (χ1) is 7.85. The van der Waals surface area contributed by atoms with Crippen LogP contribution in [0.15, 0.2) is 23.0 Å². The summed E-state index contributed by atoms with van der Waals surface area (Å²) in [6, 6.07) is 2.01. The Balaban J connectivity index is 2.16. The van der Waals surface area contributed by atoms with Crippen LogP contribution in [-0.4, -0.2) is 12.1 Å².